The van der Waals surface area contributed by atoms with Gasteiger partial charge in [0.2, 0.25) is 5.95 Å². The van der Waals surface area contributed by atoms with Crippen molar-refractivity contribution in [2.45, 2.75) is 32.0 Å². The lowest BCUT2D eigenvalue weighted by atomic mass is 10.1. The first-order chi connectivity index (χ1) is 20.6. The first-order valence-electron chi connectivity index (χ1n) is 13.8. The second-order valence-corrected chi connectivity index (χ2v) is 10.4. The number of aryl methyl sites for hydroxylation is 1. The van der Waals surface area contributed by atoms with Gasteiger partial charge in [-0.3, -0.25) is 9.69 Å². The van der Waals surface area contributed by atoms with Crippen molar-refractivity contribution in [2.75, 3.05) is 48.8 Å². The summed E-state index contributed by atoms with van der Waals surface area (Å²) in [7, 11) is 1.15. The number of hydrogen-bond donors (Lipinski definition) is 3. The van der Waals surface area contributed by atoms with Crippen molar-refractivity contribution in [2.24, 2.45) is 10.7 Å². The van der Waals surface area contributed by atoms with Crippen LogP contribution < -0.4 is 26.0 Å². The van der Waals surface area contributed by atoms with Gasteiger partial charge in [-0.05, 0) is 61.9 Å². The average molecular weight is 595 g/mol. The van der Waals surface area contributed by atoms with Gasteiger partial charge in [0.25, 0.3) is 5.91 Å². The molecule has 2 aliphatic rings. The highest BCUT2D eigenvalue weighted by Gasteiger charge is 2.35. The predicted octanol–water partition coefficient (Wildman–Crippen LogP) is 4.94. The summed E-state index contributed by atoms with van der Waals surface area (Å²) in [6.45, 7) is 9.02. The van der Waals surface area contributed by atoms with Crippen molar-refractivity contribution in [3.05, 3.63) is 77.8 Å². The maximum atomic E-state index is 13.4. The Bertz CT molecular complexity index is 1550. The molecule has 226 valence electrons. The zero-order valence-electron chi connectivity index (χ0n) is 23.9. The number of aromatic nitrogens is 2. The minimum atomic E-state index is -4.65. The molecular formula is C30H33F3N8O2. The van der Waals surface area contributed by atoms with Crippen LogP contribution in [0.15, 0.2) is 60.4 Å². The maximum Gasteiger partial charge on any atom is 0.420 e. The maximum absolute atomic E-state index is 13.4. The van der Waals surface area contributed by atoms with Crippen molar-refractivity contribution in [3.63, 3.8) is 0 Å². The number of rotatable bonds is 9. The second-order valence-electron chi connectivity index (χ2n) is 10.4. The molecule has 5 rings (SSSR count). The summed E-state index contributed by atoms with van der Waals surface area (Å²) in [5, 5.41) is 5.51. The number of nitrogens with zero attached hydrogens (tertiary/aromatic N) is 5. The molecule has 2 heterocycles. The van der Waals surface area contributed by atoms with Crippen LogP contribution in [0.1, 0.15) is 40.0 Å². The quantitative estimate of drug-likeness (QED) is 0.235. The molecule has 0 spiro atoms. The minimum Gasteiger partial charge on any atom is -0.496 e. The molecule has 1 aliphatic carbocycles. The number of anilines is 3. The van der Waals surface area contributed by atoms with Crippen LogP contribution in [-0.4, -0.2) is 65.9 Å². The van der Waals surface area contributed by atoms with Gasteiger partial charge in [0.05, 0.1) is 30.2 Å². The van der Waals surface area contributed by atoms with Gasteiger partial charge in [-0.2, -0.15) is 13.2 Å². The van der Waals surface area contributed by atoms with Crippen LogP contribution in [0.3, 0.4) is 0 Å². The van der Waals surface area contributed by atoms with E-state index >= 15 is 0 Å². The molecule has 1 amide bonds. The Morgan fingerprint density at radius 1 is 1.16 bits per heavy atom. The lowest BCUT2D eigenvalue weighted by Gasteiger charge is -2.34. The Balaban J connectivity index is 1.38. The van der Waals surface area contributed by atoms with Crippen LogP contribution in [0.25, 0.3) is 0 Å². The highest BCUT2D eigenvalue weighted by atomic mass is 19.4. The number of hydrogen-bond acceptors (Lipinski definition) is 8. The van der Waals surface area contributed by atoms with E-state index in [0.717, 1.165) is 51.0 Å². The molecule has 4 N–H and O–H groups in total. The molecule has 1 aromatic heterocycles. The van der Waals surface area contributed by atoms with Gasteiger partial charge in [0.15, 0.2) is 5.84 Å². The van der Waals surface area contributed by atoms with Crippen LogP contribution >= 0.6 is 0 Å². The predicted molar refractivity (Wildman–Crippen MR) is 160 cm³/mol. The summed E-state index contributed by atoms with van der Waals surface area (Å²) >= 11 is 0. The molecule has 0 radical (unpaired) electrons. The number of amides is 1. The summed E-state index contributed by atoms with van der Waals surface area (Å²) < 4.78 is 45.2. The molecule has 2 aromatic carbocycles. The number of piperazine rings is 1. The van der Waals surface area contributed by atoms with Crippen molar-refractivity contribution in [3.8, 4) is 5.75 Å². The number of carbonyl (C=O) groups excluding carboxylic acids is 1. The molecule has 0 unspecified atom stereocenters. The van der Waals surface area contributed by atoms with Gasteiger partial charge >= 0.3 is 6.18 Å². The van der Waals surface area contributed by atoms with Crippen molar-refractivity contribution < 1.29 is 22.7 Å². The number of alkyl halides is 3. The zero-order valence-corrected chi connectivity index (χ0v) is 23.9. The first kappa shape index (κ1) is 29.8. The van der Waals surface area contributed by atoms with E-state index < -0.39 is 17.6 Å². The molecule has 0 bridgehead atoms. The highest BCUT2D eigenvalue weighted by Crippen LogP contribution is 2.38. The third-order valence-electron chi connectivity index (χ3n) is 7.41. The highest BCUT2D eigenvalue weighted by molar-refractivity contribution is 6.06. The van der Waals surface area contributed by atoms with E-state index in [1.54, 1.807) is 25.3 Å². The number of aliphatic imine (C=N–C) groups is 1. The van der Waals surface area contributed by atoms with E-state index in [1.807, 2.05) is 0 Å². The molecule has 0 atom stereocenters. The number of methoxy groups -OCH3 is 1. The van der Waals surface area contributed by atoms with Crippen molar-refractivity contribution in [1.82, 2.24) is 14.9 Å². The Kier molecular flexibility index (Phi) is 8.53. The van der Waals surface area contributed by atoms with Crippen molar-refractivity contribution >= 4 is 34.8 Å². The first-order valence-corrected chi connectivity index (χ1v) is 13.8. The van der Waals surface area contributed by atoms with Gasteiger partial charge in [-0.15, -0.1) is 0 Å². The third kappa shape index (κ3) is 6.88. The number of halogens is 3. The summed E-state index contributed by atoms with van der Waals surface area (Å²) in [5.74, 6) is -0.320. The van der Waals surface area contributed by atoms with Crippen LogP contribution in [-0.2, 0) is 6.18 Å². The van der Waals surface area contributed by atoms with Crippen LogP contribution in [0, 0.1) is 6.92 Å². The van der Waals surface area contributed by atoms with Gasteiger partial charge < -0.3 is 26.0 Å². The molecule has 1 saturated heterocycles. The molecule has 2 fully saturated rings. The van der Waals surface area contributed by atoms with E-state index in [9.17, 15) is 18.0 Å². The Hall–Kier alpha value is -4.65. The largest absolute Gasteiger partial charge is 0.496 e. The average Bonchev–Trinajstić information content (AvgIpc) is 3.84. The zero-order chi connectivity index (χ0) is 30.7. The standard InChI is InChI=1S/C30H33F3N8O2/c1-4-35-24-17-36-29(41-13-11-40(12-14-41)21-8-9-21)39-26(24)27(34)38-23-15-19(6-5-18(23)2)28(42)37-20-7-10-25(43-3)22(16-20)30(31,32)33/h4-7,10,15-17,21,35H,1,8-9,11-14H2,2-3H3,(H2,34,38)(H,37,42). The van der Waals surface area contributed by atoms with E-state index in [1.165, 1.54) is 31.2 Å². The Labute approximate surface area is 247 Å². The Morgan fingerprint density at radius 3 is 2.56 bits per heavy atom. The molecule has 1 saturated carbocycles. The van der Waals surface area contributed by atoms with E-state index in [2.05, 4.69) is 37.0 Å². The third-order valence-corrected chi connectivity index (χ3v) is 7.41. The van der Waals surface area contributed by atoms with E-state index in [4.69, 9.17) is 15.5 Å². The second kappa shape index (κ2) is 12.3. The molecule has 10 nitrogen and oxygen atoms in total. The van der Waals surface area contributed by atoms with E-state index in [-0.39, 0.29) is 22.8 Å². The van der Waals surface area contributed by atoms with Crippen molar-refractivity contribution in [1.29, 1.82) is 0 Å². The normalized spacial score (nSPS) is 16.1. The van der Waals surface area contributed by atoms with Gasteiger partial charge in [-0.25, -0.2) is 15.0 Å². The number of amidine groups is 1. The number of nitrogens with one attached hydrogen (secondary N) is 2. The van der Waals surface area contributed by atoms with E-state index in [0.29, 0.717) is 29.1 Å². The summed E-state index contributed by atoms with van der Waals surface area (Å²) in [5.41, 5.74) is 7.65. The number of nitrogens with two attached hydrogens (primary N) is 1. The van der Waals surface area contributed by atoms with Crippen LogP contribution in [0.4, 0.5) is 36.2 Å². The molecule has 13 heteroatoms. The summed E-state index contributed by atoms with van der Waals surface area (Å²) in [6.07, 6.45) is 0.996. The smallest absolute Gasteiger partial charge is 0.420 e. The molecular weight excluding hydrogens is 561 g/mol. The summed E-state index contributed by atoms with van der Waals surface area (Å²) in [6, 6.07) is 8.79. The fraction of sp³-hybridized carbons (Fsp3) is 0.333. The fourth-order valence-corrected chi connectivity index (χ4v) is 4.93. The topological polar surface area (TPSA) is 121 Å². The molecule has 43 heavy (non-hydrogen) atoms. The molecule has 1 aliphatic heterocycles. The van der Waals surface area contributed by atoms with Gasteiger partial charge in [0.1, 0.15) is 11.4 Å². The molecule has 3 aromatic rings. The SMILES string of the molecule is C=CNc1cnc(N2CCN(C3CC3)CC2)nc1C(N)=Nc1cc(C(=O)Nc2ccc(OC)c(C(F)(F)F)c2)ccc1C. The number of benzene rings is 2. The number of ether oxygens (including phenoxy) is 1. The lowest BCUT2D eigenvalue weighted by Crippen LogP contribution is -2.47. The minimum absolute atomic E-state index is 0.0325. The number of carbonyl (C=O) groups is 1. The lowest BCUT2D eigenvalue weighted by molar-refractivity contribution is -0.138. The van der Waals surface area contributed by atoms with Gasteiger partial charge in [0, 0.05) is 43.5 Å². The van der Waals surface area contributed by atoms with Crippen LogP contribution in [0.2, 0.25) is 0 Å². The van der Waals surface area contributed by atoms with Gasteiger partial charge in [-0.1, -0.05) is 12.6 Å². The summed E-state index contributed by atoms with van der Waals surface area (Å²) in [4.78, 5) is 31.5. The van der Waals surface area contributed by atoms with Crippen LogP contribution in [0.5, 0.6) is 5.75 Å². The fourth-order valence-electron chi connectivity index (χ4n) is 4.93. The monoisotopic (exact) mass is 594 g/mol. The Morgan fingerprint density at radius 2 is 1.91 bits per heavy atom.